The van der Waals surface area contributed by atoms with Crippen LogP contribution in [0.2, 0.25) is 0 Å². The number of benzene rings is 1. The third-order valence-electron chi connectivity index (χ3n) is 6.34. The molecule has 3 aromatic heterocycles. The highest BCUT2D eigenvalue weighted by Crippen LogP contribution is 2.43. The Labute approximate surface area is 194 Å². The van der Waals surface area contributed by atoms with Gasteiger partial charge in [-0.15, -0.1) is 0 Å². The van der Waals surface area contributed by atoms with Crippen molar-refractivity contribution in [1.29, 1.82) is 0 Å². The minimum absolute atomic E-state index is 0.263. The first-order valence-electron chi connectivity index (χ1n) is 11.3. The normalized spacial score (nSPS) is 20.0. The first kappa shape index (κ1) is 20.8. The maximum Gasteiger partial charge on any atom is 0.259 e. The number of carbonyl (C=O) groups is 1. The maximum atomic E-state index is 13.3. The monoisotopic (exact) mass is 462 g/mol. The van der Waals surface area contributed by atoms with Crippen molar-refractivity contribution in [2.24, 2.45) is 0 Å². The number of carbonyl (C=O) groups excluding carboxylic acids is 1. The van der Waals surface area contributed by atoms with E-state index in [2.05, 4.69) is 25.5 Å². The van der Waals surface area contributed by atoms with E-state index >= 15 is 0 Å². The number of nitrogens with one attached hydrogen (secondary N) is 1. The molecule has 1 aromatic carbocycles. The summed E-state index contributed by atoms with van der Waals surface area (Å²) >= 11 is 0. The van der Waals surface area contributed by atoms with Gasteiger partial charge in [-0.1, -0.05) is 17.3 Å². The zero-order chi connectivity index (χ0) is 23.2. The van der Waals surface area contributed by atoms with Crippen LogP contribution in [0.3, 0.4) is 0 Å². The van der Waals surface area contributed by atoms with Gasteiger partial charge >= 0.3 is 0 Å². The largest absolute Gasteiger partial charge is 0.378 e. The third-order valence-corrected chi connectivity index (χ3v) is 6.34. The zero-order valence-electron chi connectivity index (χ0n) is 18.6. The molecule has 1 aliphatic carbocycles. The number of alkyl halides is 1. The van der Waals surface area contributed by atoms with E-state index in [-0.39, 0.29) is 11.8 Å². The fourth-order valence-corrected chi connectivity index (χ4v) is 4.17. The van der Waals surface area contributed by atoms with Gasteiger partial charge < -0.3 is 19.5 Å². The Balaban J connectivity index is 1.26. The second-order valence-corrected chi connectivity index (χ2v) is 8.67. The predicted octanol–water partition coefficient (Wildman–Crippen LogP) is 3.61. The van der Waals surface area contributed by atoms with Crippen LogP contribution in [0.25, 0.3) is 16.9 Å². The highest BCUT2D eigenvalue weighted by atomic mass is 19.1. The second-order valence-electron chi connectivity index (χ2n) is 8.67. The number of amides is 1. The molecule has 1 saturated heterocycles. The molecule has 1 aliphatic heterocycles. The second kappa shape index (κ2) is 8.21. The Bertz CT molecular complexity index is 1380. The summed E-state index contributed by atoms with van der Waals surface area (Å²) in [6.07, 6.45) is 2.94. The summed E-state index contributed by atoms with van der Waals surface area (Å²) in [5.74, 6) is 0.122. The molecule has 10 heteroatoms. The van der Waals surface area contributed by atoms with Crippen LogP contribution >= 0.6 is 0 Å². The summed E-state index contributed by atoms with van der Waals surface area (Å²) in [5, 5.41) is 11.3. The van der Waals surface area contributed by atoms with Crippen LogP contribution < -0.4 is 10.2 Å². The highest BCUT2D eigenvalue weighted by Gasteiger charge is 2.43. The fraction of sp³-hybridized carbons (Fsp3) is 0.333. The molecule has 1 amide bonds. The lowest BCUT2D eigenvalue weighted by Gasteiger charge is -2.28. The molecule has 174 valence electrons. The highest BCUT2D eigenvalue weighted by molar-refractivity contribution is 6.09. The van der Waals surface area contributed by atoms with Crippen LogP contribution in [-0.2, 0) is 4.74 Å². The van der Waals surface area contributed by atoms with E-state index in [0.717, 1.165) is 29.9 Å². The van der Waals surface area contributed by atoms with E-state index in [0.29, 0.717) is 48.2 Å². The summed E-state index contributed by atoms with van der Waals surface area (Å²) in [6, 6.07) is 9.50. The molecule has 9 nitrogen and oxygen atoms in total. The lowest BCUT2D eigenvalue weighted by molar-refractivity contribution is 0.102. The van der Waals surface area contributed by atoms with Crippen molar-refractivity contribution in [3.8, 4) is 11.4 Å². The molecule has 1 saturated carbocycles. The minimum Gasteiger partial charge on any atom is -0.378 e. The van der Waals surface area contributed by atoms with Crippen molar-refractivity contribution < 1.29 is 18.4 Å². The smallest absolute Gasteiger partial charge is 0.259 e. The minimum atomic E-state index is -0.907. The van der Waals surface area contributed by atoms with E-state index in [1.807, 2.05) is 37.4 Å². The molecule has 2 fully saturated rings. The van der Waals surface area contributed by atoms with Gasteiger partial charge in [0, 0.05) is 36.2 Å². The van der Waals surface area contributed by atoms with Crippen LogP contribution in [0.4, 0.5) is 15.8 Å². The van der Waals surface area contributed by atoms with E-state index < -0.39 is 6.17 Å². The van der Waals surface area contributed by atoms with Crippen LogP contribution in [0.15, 0.2) is 47.2 Å². The molecule has 6 rings (SSSR count). The van der Waals surface area contributed by atoms with Crippen LogP contribution in [-0.4, -0.2) is 58.1 Å². The van der Waals surface area contributed by atoms with Crippen LogP contribution in [0.1, 0.15) is 34.2 Å². The fourth-order valence-electron chi connectivity index (χ4n) is 4.17. The van der Waals surface area contributed by atoms with Crippen molar-refractivity contribution in [3.05, 3.63) is 59.7 Å². The predicted molar refractivity (Wildman–Crippen MR) is 123 cm³/mol. The number of hydrogen-bond donors (Lipinski definition) is 1. The lowest BCUT2D eigenvalue weighted by atomic mass is 10.1. The number of nitrogens with zero attached hydrogens (tertiary/aromatic N) is 5. The number of ether oxygens (including phenoxy) is 1. The number of rotatable bonds is 5. The van der Waals surface area contributed by atoms with E-state index in [1.165, 1.54) is 0 Å². The van der Waals surface area contributed by atoms with Crippen molar-refractivity contribution in [2.45, 2.75) is 25.4 Å². The van der Waals surface area contributed by atoms with Gasteiger partial charge in [0.05, 0.1) is 36.4 Å². The summed E-state index contributed by atoms with van der Waals surface area (Å²) in [5.41, 5.74) is 4.43. The number of halogens is 1. The summed E-state index contributed by atoms with van der Waals surface area (Å²) < 4.78 is 25.7. The summed E-state index contributed by atoms with van der Waals surface area (Å²) in [6.45, 7) is 4.89. The van der Waals surface area contributed by atoms with Gasteiger partial charge in [0.2, 0.25) is 11.7 Å². The topological polar surface area (TPSA) is 97.8 Å². The Morgan fingerprint density at radius 1 is 1.21 bits per heavy atom. The zero-order valence-corrected chi connectivity index (χ0v) is 18.6. The van der Waals surface area contributed by atoms with Gasteiger partial charge in [-0.3, -0.25) is 4.79 Å². The number of morpholine rings is 1. The molecule has 0 spiro atoms. The Kier molecular flexibility index (Phi) is 5.02. The Hall–Kier alpha value is -3.79. The molecular weight excluding hydrogens is 439 g/mol. The van der Waals surface area contributed by atoms with Gasteiger partial charge in [-0.2, -0.15) is 10.1 Å². The van der Waals surface area contributed by atoms with Gasteiger partial charge in [0.1, 0.15) is 6.17 Å². The average Bonchev–Trinajstić information content (AvgIpc) is 3.25. The number of aryl methyl sites for hydroxylation is 1. The van der Waals surface area contributed by atoms with E-state index in [9.17, 15) is 9.18 Å². The molecule has 2 aliphatic rings. The van der Waals surface area contributed by atoms with Gasteiger partial charge in [0.25, 0.3) is 5.91 Å². The van der Waals surface area contributed by atoms with Crippen molar-refractivity contribution in [3.63, 3.8) is 0 Å². The van der Waals surface area contributed by atoms with E-state index in [1.54, 1.807) is 16.8 Å². The van der Waals surface area contributed by atoms with Crippen LogP contribution in [0.5, 0.6) is 0 Å². The van der Waals surface area contributed by atoms with Crippen LogP contribution in [0, 0.1) is 6.92 Å². The molecule has 34 heavy (non-hydrogen) atoms. The first-order chi connectivity index (χ1) is 16.6. The molecule has 0 unspecified atom stereocenters. The molecule has 0 radical (unpaired) electrons. The Morgan fingerprint density at radius 2 is 2.03 bits per heavy atom. The van der Waals surface area contributed by atoms with Crippen molar-refractivity contribution in [2.75, 3.05) is 36.5 Å². The van der Waals surface area contributed by atoms with Crippen molar-refractivity contribution >= 4 is 22.8 Å². The number of aromatic nitrogens is 4. The molecule has 2 atom stereocenters. The molecular formula is C24H23FN6O3. The molecule has 4 heterocycles. The van der Waals surface area contributed by atoms with Gasteiger partial charge in [-0.05, 0) is 37.1 Å². The number of anilines is 2. The Morgan fingerprint density at radius 3 is 2.82 bits per heavy atom. The van der Waals surface area contributed by atoms with Gasteiger partial charge in [-0.25, -0.2) is 8.91 Å². The third kappa shape index (κ3) is 3.79. The number of hydrogen-bond acceptors (Lipinski definition) is 7. The number of fused-ring (bicyclic) bond motifs is 1. The SMILES string of the molecule is Cc1ccc(-c2noc([C@H]3C[C@@H]3F)n2)cc1NC(=O)c1cnn2ccc(N3CCOCC3)cc12. The standard InChI is InChI=1S/C24H23FN6O3/c1-14-2-3-15(22-28-24(34-29-22)17-12-19(17)25)10-20(14)27-23(32)18-13-26-31-5-4-16(11-21(18)31)30-6-8-33-9-7-30/h2-5,10-11,13,17,19H,6-9,12H2,1H3,(H,27,32)/t17-,19-/m0/s1. The summed E-state index contributed by atoms with van der Waals surface area (Å²) in [4.78, 5) is 19.8. The molecule has 1 N–H and O–H groups in total. The quantitative estimate of drug-likeness (QED) is 0.484. The number of pyridine rings is 1. The lowest BCUT2D eigenvalue weighted by Crippen LogP contribution is -2.36. The first-order valence-corrected chi connectivity index (χ1v) is 11.3. The maximum absolute atomic E-state index is 13.3. The molecule has 0 bridgehead atoms. The van der Waals surface area contributed by atoms with E-state index in [4.69, 9.17) is 9.26 Å². The average molecular weight is 462 g/mol. The van der Waals surface area contributed by atoms with Crippen molar-refractivity contribution in [1.82, 2.24) is 19.8 Å². The summed E-state index contributed by atoms with van der Waals surface area (Å²) in [7, 11) is 0. The van der Waals surface area contributed by atoms with Gasteiger partial charge in [0.15, 0.2) is 0 Å². The molecule has 4 aromatic rings.